The summed E-state index contributed by atoms with van der Waals surface area (Å²) in [6.07, 6.45) is -2.81. The van der Waals surface area contributed by atoms with E-state index in [1.165, 1.54) is 0 Å². The Labute approximate surface area is 68.7 Å². The second-order valence-corrected chi connectivity index (χ2v) is 2.94. The van der Waals surface area contributed by atoms with Crippen LogP contribution in [0.1, 0.15) is 13.8 Å². The third-order valence-corrected chi connectivity index (χ3v) is 2.22. The van der Waals surface area contributed by atoms with Crippen LogP contribution in [0.4, 0.5) is 0 Å². The average Bonchev–Trinajstić information content (AvgIpc) is 1.84. The number of nitro groups is 1. The average molecular weight is 184 g/mol. The van der Waals surface area contributed by atoms with E-state index >= 15 is 0 Å². The van der Waals surface area contributed by atoms with E-state index in [-0.39, 0.29) is 0 Å². The molecule has 0 aromatic rings. The molecule has 0 fully saturated rings. The highest BCUT2D eigenvalue weighted by atomic mass is 35.5. The van der Waals surface area contributed by atoms with Crippen molar-refractivity contribution in [3.63, 3.8) is 0 Å². The molecule has 11 heavy (non-hydrogen) atoms. The van der Waals surface area contributed by atoms with Gasteiger partial charge in [-0.05, 0) is 25.4 Å². The fourth-order valence-electron chi connectivity index (χ4n) is 0.654. The van der Waals surface area contributed by atoms with Crippen LogP contribution in [-0.4, -0.2) is 32.3 Å². The summed E-state index contributed by atoms with van der Waals surface area (Å²) >= 11 is 5.34. The maximum absolute atomic E-state index is 10.3. The van der Waals surface area contributed by atoms with Gasteiger partial charge in [0, 0.05) is 4.92 Å². The molecule has 0 amide bonds. The molecule has 0 radical (unpaired) electrons. The van der Waals surface area contributed by atoms with Crippen molar-refractivity contribution in [2.24, 2.45) is 0 Å². The normalized spacial score (nSPS) is 21.9. The highest BCUT2D eigenvalue weighted by molar-refractivity contribution is 6.23. The lowest BCUT2D eigenvalue weighted by Crippen LogP contribution is -2.51. The van der Waals surface area contributed by atoms with E-state index in [0.717, 1.165) is 13.8 Å². The summed E-state index contributed by atoms with van der Waals surface area (Å²) in [5, 5.41) is 28.0. The minimum Gasteiger partial charge on any atom is -0.384 e. The van der Waals surface area contributed by atoms with Gasteiger partial charge < -0.3 is 10.2 Å². The van der Waals surface area contributed by atoms with Crippen molar-refractivity contribution >= 4 is 11.6 Å². The topological polar surface area (TPSA) is 83.6 Å². The van der Waals surface area contributed by atoms with E-state index < -0.39 is 22.1 Å². The Bertz CT molecular complexity index is 151. The van der Waals surface area contributed by atoms with Gasteiger partial charge in [0.25, 0.3) is 0 Å². The van der Waals surface area contributed by atoms with E-state index in [1.54, 1.807) is 0 Å². The van der Waals surface area contributed by atoms with Crippen LogP contribution in [0.3, 0.4) is 0 Å². The molecule has 5 nitrogen and oxygen atoms in total. The van der Waals surface area contributed by atoms with Crippen molar-refractivity contribution in [3.8, 4) is 0 Å². The van der Waals surface area contributed by atoms with E-state index in [1.807, 2.05) is 0 Å². The molecule has 0 bridgehead atoms. The van der Waals surface area contributed by atoms with E-state index in [0.29, 0.717) is 0 Å². The number of halogens is 1. The molecule has 0 saturated carbocycles. The largest absolute Gasteiger partial charge is 0.384 e. The van der Waals surface area contributed by atoms with Gasteiger partial charge in [0.05, 0.1) is 0 Å². The standard InChI is InChI=1S/C5H10ClNO4/c1-3(8)5(6,4(2)9)7(10)11/h3-4,8-9H,1-2H3. The summed E-state index contributed by atoms with van der Waals surface area (Å²) in [5.74, 6) is 0. The summed E-state index contributed by atoms with van der Waals surface area (Å²) in [4.78, 5) is 7.16. The predicted molar refractivity (Wildman–Crippen MR) is 38.9 cm³/mol. The SMILES string of the molecule is CC(O)C(Cl)(C(C)O)[N+](=O)[O-]. The predicted octanol–water partition coefficient (Wildman–Crippen LogP) is -0.0402. The van der Waals surface area contributed by atoms with Crippen LogP contribution in [0.5, 0.6) is 0 Å². The Balaban J connectivity index is 4.67. The Kier molecular flexibility index (Phi) is 3.22. The van der Waals surface area contributed by atoms with Gasteiger partial charge in [0.15, 0.2) is 0 Å². The fraction of sp³-hybridized carbons (Fsp3) is 1.00. The minimum atomic E-state index is -2.19. The van der Waals surface area contributed by atoms with Crippen molar-refractivity contribution in [2.75, 3.05) is 0 Å². The van der Waals surface area contributed by atoms with Crippen molar-refractivity contribution in [2.45, 2.75) is 31.1 Å². The summed E-state index contributed by atoms with van der Waals surface area (Å²) in [6, 6.07) is 0. The van der Waals surface area contributed by atoms with Crippen LogP contribution in [0, 0.1) is 10.1 Å². The highest BCUT2D eigenvalue weighted by Crippen LogP contribution is 2.24. The lowest BCUT2D eigenvalue weighted by atomic mass is 10.1. The molecule has 6 heteroatoms. The zero-order valence-electron chi connectivity index (χ0n) is 6.19. The first-order chi connectivity index (χ1) is 4.83. The monoisotopic (exact) mass is 183 g/mol. The van der Waals surface area contributed by atoms with Gasteiger partial charge in [0.1, 0.15) is 12.2 Å². The molecule has 0 aromatic carbocycles. The molecule has 2 unspecified atom stereocenters. The molecule has 0 aliphatic heterocycles. The van der Waals surface area contributed by atoms with Gasteiger partial charge in [-0.2, -0.15) is 0 Å². The number of hydrogen-bond acceptors (Lipinski definition) is 4. The van der Waals surface area contributed by atoms with Crippen LogP contribution in [0.15, 0.2) is 0 Å². The number of aliphatic hydroxyl groups is 2. The maximum Gasteiger partial charge on any atom is 0.345 e. The Hall–Kier alpha value is -0.390. The minimum absolute atomic E-state index is 0.899. The van der Waals surface area contributed by atoms with Crippen molar-refractivity contribution in [3.05, 3.63) is 10.1 Å². The van der Waals surface area contributed by atoms with E-state index in [4.69, 9.17) is 21.8 Å². The molecular weight excluding hydrogens is 174 g/mol. The zero-order valence-corrected chi connectivity index (χ0v) is 6.95. The maximum atomic E-state index is 10.3. The molecule has 0 aliphatic rings. The van der Waals surface area contributed by atoms with Crippen LogP contribution in [-0.2, 0) is 0 Å². The number of aliphatic hydroxyl groups excluding tert-OH is 2. The Morgan fingerprint density at radius 3 is 1.73 bits per heavy atom. The molecule has 66 valence electrons. The van der Waals surface area contributed by atoms with E-state index in [9.17, 15) is 10.1 Å². The zero-order chi connectivity index (χ0) is 9.23. The van der Waals surface area contributed by atoms with Crippen LogP contribution < -0.4 is 0 Å². The van der Waals surface area contributed by atoms with Crippen LogP contribution in [0.2, 0.25) is 0 Å². The van der Waals surface area contributed by atoms with Crippen LogP contribution >= 0.6 is 11.6 Å². The first-order valence-corrected chi connectivity index (χ1v) is 3.40. The third kappa shape index (κ3) is 1.79. The Morgan fingerprint density at radius 1 is 1.45 bits per heavy atom. The number of nitrogens with zero attached hydrogens (tertiary/aromatic N) is 1. The lowest BCUT2D eigenvalue weighted by molar-refractivity contribution is -0.565. The Morgan fingerprint density at radius 2 is 1.73 bits per heavy atom. The van der Waals surface area contributed by atoms with E-state index in [2.05, 4.69) is 0 Å². The van der Waals surface area contributed by atoms with Gasteiger partial charge in [-0.3, -0.25) is 10.1 Å². The summed E-state index contributed by atoms with van der Waals surface area (Å²) in [6.45, 7) is 2.31. The molecular formula is C5H10ClNO4. The van der Waals surface area contributed by atoms with Gasteiger partial charge in [-0.15, -0.1) is 0 Å². The van der Waals surface area contributed by atoms with Gasteiger partial charge >= 0.3 is 5.00 Å². The second kappa shape index (κ2) is 3.34. The summed E-state index contributed by atoms with van der Waals surface area (Å²) in [7, 11) is 0. The molecule has 0 aliphatic carbocycles. The molecule has 0 aromatic heterocycles. The molecule has 0 rings (SSSR count). The van der Waals surface area contributed by atoms with Crippen molar-refractivity contribution < 1.29 is 15.1 Å². The fourth-order valence-corrected chi connectivity index (χ4v) is 0.654. The number of rotatable bonds is 3. The van der Waals surface area contributed by atoms with Gasteiger partial charge in [0.2, 0.25) is 0 Å². The first-order valence-electron chi connectivity index (χ1n) is 3.03. The smallest absolute Gasteiger partial charge is 0.345 e. The second-order valence-electron chi connectivity index (χ2n) is 2.34. The van der Waals surface area contributed by atoms with Crippen LogP contribution in [0.25, 0.3) is 0 Å². The molecule has 0 saturated heterocycles. The summed E-state index contributed by atoms with van der Waals surface area (Å²) < 4.78 is 0. The molecule has 2 N–H and O–H groups in total. The quantitative estimate of drug-likeness (QED) is 0.278. The molecule has 0 spiro atoms. The molecule has 2 atom stereocenters. The number of hydrogen-bond donors (Lipinski definition) is 2. The first kappa shape index (κ1) is 10.6. The van der Waals surface area contributed by atoms with Crippen molar-refractivity contribution in [1.29, 1.82) is 0 Å². The molecule has 0 heterocycles. The summed E-state index contributed by atoms with van der Waals surface area (Å²) in [5.41, 5.74) is 0. The number of alkyl halides is 1. The third-order valence-electron chi connectivity index (χ3n) is 1.45. The lowest BCUT2D eigenvalue weighted by Gasteiger charge is -2.23. The van der Waals surface area contributed by atoms with Crippen molar-refractivity contribution in [1.82, 2.24) is 0 Å². The van der Waals surface area contributed by atoms with Gasteiger partial charge in [-0.25, -0.2) is 0 Å². The highest BCUT2D eigenvalue weighted by Gasteiger charge is 2.50. The van der Waals surface area contributed by atoms with Gasteiger partial charge in [-0.1, -0.05) is 0 Å².